The van der Waals surface area contributed by atoms with Crippen molar-refractivity contribution in [2.45, 2.75) is 6.18 Å². The molecule has 0 spiro atoms. The molecule has 0 amide bonds. The number of nitrogens with zero attached hydrogens (tertiary/aromatic N) is 2. The van der Waals surface area contributed by atoms with Crippen LogP contribution < -0.4 is 0 Å². The van der Waals surface area contributed by atoms with Crippen LogP contribution in [0.2, 0.25) is 0 Å². The third kappa shape index (κ3) is 2.49. The van der Waals surface area contributed by atoms with E-state index in [9.17, 15) is 17.6 Å². The third-order valence-corrected chi connectivity index (χ3v) is 3.97. The molecule has 0 unspecified atom stereocenters. The van der Waals surface area contributed by atoms with Gasteiger partial charge in [0.05, 0.1) is 11.1 Å². The van der Waals surface area contributed by atoms with Crippen LogP contribution in [-0.4, -0.2) is 9.55 Å². The molecule has 0 N–H and O–H groups in total. The van der Waals surface area contributed by atoms with E-state index in [1.165, 1.54) is 24.3 Å². The Hall–Kier alpha value is -1.89. The van der Waals surface area contributed by atoms with Gasteiger partial charge in [-0.2, -0.15) is 13.2 Å². The van der Waals surface area contributed by atoms with Gasteiger partial charge in [0, 0.05) is 17.1 Å². The first kappa shape index (κ1) is 15.0. The van der Waals surface area contributed by atoms with Crippen molar-refractivity contribution in [1.82, 2.24) is 9.55 Å². The second-order valence-electron chi connectivity index (χ2n) is 4.82. The minimum atomic E-state index is -4.43. The van der Waals surface area contributed by atoms with Gasteiger partial charge in [0.1, 0.15) is 17.2 Å². The molecule has 22 heavy (non-hydrogen) atoms. The van der Waals surface area contributed by atoms with E-state index in [2.05, 4.69) is 20.9 Å². The first-order valence-corrected chi connectivity index (χ1v) is 7.06. The molecule has 1 aromatic heterocycles. The van der Waals surface area contributed by atoms with Gasteiger partial charge in [0.15, 0.2) is 0 Å². The van der Waals surface area contributed by atoms with E-state index < -0.39 is 11.7 Å². The van der Waals surface area contributed by atoms with E-state index in [0.29, 0.717) is 22.4 Å². The van der Waals surface area contributed by atoms with Crippen molar-refractivity contribution in [1.29, 1.82) is 0 Å². The maximum absolute atomic E-state index is 13.0. The summed E-state index contributed by atoms with van der Waals surface area (Å²) in [7, 11) is 1.63. The first-order valence-electron chi connectivity index (χ1n) is 6.26. The fourth-order valence-corrected chi connectivity index (χ4v) is 2.81. The maximum atomic E-state index is 13.0. The van der Waals surface area contributed by atoms with Gasteiger partial charge in [-0.1, -0.05) is 0 Å². The zero-order chi connectivity index (χ0) is 16.1. The number of imidazole rings is 1. The van der Waals surface area contributed by atoms with Gasteiger partial charge in [-0.05, 0) is 52.3 Å². The lowest BCUT2D eigenvalue weighted by Gasteiger charge is -2.08. The second-order valence-corrected chi connectivity index (χ2v) is 5.68. The lowest BCUT2D eigenvalue weighted by atomic mass is 10.2. The molecular weight excluding hydrogens is 364 g/mol. The number of hydrogen-bond donors (Lipinski definition) is 0. The largest absolute Gasteiger partial charge is 0.416 e. The number of aromatic nitrogens is 2. The average molecular weight is 373 g/mol. The molecule has 0 radical (unpaired) electrons. The smallest absolute Gasteiger partial charge is 0.327 e. The highest BCUT2D eigenvalue weighted by Crippen LogP contribution is 2.36. The molecule has 2 aromatic carbocycles. The van der Waals surface area contributed by atoms with Crippen molar-refractivity contribution in [3.8, 4) is 11.4 Å². The Morgan fingerprint density at radius 1 is 1.09 bits per heavy atom. The molecule has 0 aliphatic carbocycles. The SMILES string of the molecule is Cn1c(-c2ccc(F)cc2)nc2c(Br)cc(C(F)(F)F)cc21. The number of hydrogen-bond acceptors (Lipinski definition) is 1. The molecular formula is C15H9BrF4N2. The van der Waals surface area contributed by atoms with Gasteiger partial charge < -0.3 is 4.57 Å². The predicted octanol–water partition coefficient (Wildman–Crippen LogP) is 5.16. The molecule has 0 aliphatic heterocycles. The highest BCUT2D eigenvalue weighted by molar-refractivity contribution is 9.10. The Bertz CT molecular complexity index is 851. The van der Waals surface area contributed by atoms with Gasteiger partial charge >= 0.3 is 6.18 Å². The minimum absolute atomic E-state index is 0.265. The Morgan fingerprint density at radius 3 is 2.32 bits per heavy atom. The van der Waals surface area contributed by atoms with E-state index in [1.54, 1.807) is 11.6 Å². The van der Waals surface area contributed by atoms with Crippen molar-refractivity contribution in [2.24, 2.45) is 7.05 Å². The van der Waals surface area contributed by atoms with Gasteiger partial charge in [-0.25, -0.2) is 9.37 Å². The summed E-state index contributed by atoms with van der Waals surface area (Å²) in [5.41, 5.74) is 0.650. The Kier molecular flexibility index (Phi) is 3.47. The van der Waals surface area contributed by atoms with Crippen molar-refractivity contribution in [2.75, 3.05) is 0 Å². The average Bonchev–Trinajstić information content (AvgIpc) is 2.77. The van der Waals surface area contributed by atoms with E-state index in [-0.39, 0.29) is 10.3 Å². The molecule has 3 rings (SSSR count). The van der Waals surface area contributed by atoms with Crippen LogP contribution in [0, 0.1) is 5.82 Å². The van der Waals surface area contributed by atoms with Crippen molar-refractivity contribution >= 4 is 27.0 Å². The summed E-state index contributed by atoms with van der Waals surface area (Å²) in [4.78, 5) is 4.36. The molecule has 0 saturated heterocycles. The maximum Gasteiger partial charge on any atom is 0.416 e. The van der Waals surface area contributed by atoms with Gasteiger partial charge in [0.25, 0.3) is 0 Å². The van der Waals surface area contributed by atoms with Crippen molar-refractivity contribution in [3.05, 3.63) is 52.3 Å². The summed E-state index contributed by atoms with van der Waals surface area (Å²) in [6, 6.07) is 7.70. The van der Waals surface area contributed by atoms with Crippen LogP contribution in [-0.2, 0) is 13.2 Å². The zero-order valence-electron chi connectivity index (χ0n) is 11.2. The first-order chi connectivity index (χ1) is 10.3. The van der Waals surface area contributed by atoms with Crippen LogP contribution >= 0.6 is 15.9 Å². The normalized spacial score (nSPS) is 12.1. The van der Waals surface area contributed by atoms with Gasteiger partial charge in [-0.15, -0.1) is 0 Å². The topological polar surface area (TPSA) is 17.8 Å². The number of benzene rings is 2. The fourth-order valence-electron chi connectivity index (χ4n) is 2.27. The summed E-state index contributed by atoms with van der Waals surface area (Å²) < 4.78 is 53.5. The van der Waals surface area contributed by atoms with Crippen LogP contribution in [0.5, 0.6) is 0 Å². The highest BCUT2D eigenvalue weighted by Gasteiger charge is 2.32. The summed E-state index contributed by atoms with van der Waals surface area (Å²) >= 11 is 3.14. The Morgan fingerprint density at radius 2 is 1.73 bits per heavy atom. The number of rotatable bonds is 1. The Balaban J connectivity index is 2.25. The van der Waals surface area contributed by atoms with Crippen LogP contribution in [0.25, 0.3) is 22.4 Å². The second kappa shape index (κ2) is 5.08. The van der Waals surface area contributed by atoms with Crippen LogP contribution in [0.15, 0.2) is 40.9 Å². The monoisotopic (exact) mass is 372 g/mol. The lowest BCUT2D eigenvalue weighted by molar-refractivity contribution is -0.137. The molecule has 1 heterocycles. The standard InChI is InChI=1S/C15H9BrF4N2/c1-22-12-7-9(15(18,19)20)6-11(16)13(12)21-14(22)8-2-4-10(17)5-3-8/h2-7H,1H3. The van der Waals surface area contributed by atoms with E-state index >= 15 is 0 Å². The molecule has 0 saturated carbocycles. The lowest BCUT2D eigenvalue weighted by Crippen LogP contribution is -2.05. The van der Waals surface area contributed by atoms with Crippen LogP contribution in [0.3, 0.4) is 0 Å². The molecule has 114 valence electrons. The van der Waals surface area contributed by atoms with Crippen LogP contribution in [0.1, 0.15) is 5.56 Å². The van der Waals surface area contributed by atoms with Crippen molar-refractivity contribution in [3.63, 3.8) is 0 Å². The van der Waals surface area contributed by atoms with E-state index in [4.69, 9.17) is 0 Å². The quantitative estimate of drug-likeness (QED) is 0.539. The summed E-state index contributed by atoms with van der Waals surface area (Å²) in [5, 5.41) is 0. The number of alkyl halides is 3. The number of aryl methyl sites for hydroxylation is 1. The zero-order valence-corrected chi connectivity index (χ0v) is 12.8. The molecule has 0 aliphatic rings. The minimum Gasteiger partial charge on any atom is -0.327 e. The third-order valence-electron chi connectivity index (χ3n) is 3.37. The predicted molar refractivity (Wildman–Crippen MR) is 78.8 cm³/mol. The summed E-state index contributed by atoms with van der Waals surface area (Å²) in [6.07, 6.45) is -4.43. The summed E-state index contributed by atoms with van der Waals surface area (Å²) in [5.74, 6) is 0.0816. The number of halogens is 5. The van der Waals surface area contributed by atoms with E-state index in [1.807, 2.05) is 0 Å². The number of fused-ring (bicyclic) bond motifs is 1. The molecule has 2 nitrogen and oxygen atoms in total. The highest BCUT2D eigenvalue weighted by atomic mass is 79.9. The van der Waals surface area contributed by atoms with Crippen LogP contribution in [0.4, 0.5) is 17.6 Å². The van der Waals surface area contributed by atoms with Gasteiger partial charge in [-0.3, -0.25) is 0 Å². The molecule has 0 bridgehead atoms. The van der Waals surface area contributed by atoms with E-state index in [0.717, 1.165) is 12.1 Å². The van der Waals surface area contributed by atoms with Crippen molar-refractivity contribution < 1.29 is 17.6 Å². The molecule has 0 fully saturated rings. The fraction of sp³-hybridized carbons (Fsp3) is 0.133. The van der Waals surface area contributed by atoms with Gasteiger partial charge in [0.2, 0.25) is 0 Å². The molecule has 3 aromatic rings. The Labute approximate surface area is 131 Å². The molecule has 7 heteroatoms. The molecule has 0 atom stereocenters. The summed E-state index contributed by atoms with van der Waals surface area (Å²) in [6.45, 7) is 0.